The summed E-state index contributed by atoms with van der Waals surface area (Å²) in [4.78, 5) is 18.1. The van der Waals surface area contributed by atoms with Gasteiger partial charge < -0.3 is 4.74 Å². The highest BCUT2D eigenvalue weighted by Crippen LogP contribution is 2.33. The number of nitrogens with zero attached hydrogens (tertiary/aromatic N) is 3. The van der Waals surface area contributed by atoms with Crippen LogP contribution in [-0.4, -0.2) is 21.8 Å². The molecule has 0 bridgehead atoms. The van der Waals surface area contributed by atoms with Gasteiger partial charge in [-0.15, -0.1) is 5.10 Å². The third-order valence-electron chi connectivity index (χ3n) is 5.39. The number of fused-ring (bicyclic) bond motifs is 2. The first-order valence-electron chi connectivity index (χ1n) is 11.0. The molecular formula is C26H24N4O2S. The van der Waals surface area contributed by atoms with Crippen LogP contribution in [-0.2, 0) is 4.79 Å². The molecule has 0 spiro atoms. The molecule has 1 amide bonds. The van der Waals surface area contributed by atoms with Crippen molar-refractivity contribution in [1.82, 2.24) is 10.3 Å². The van der Waals surface area contributed by atoms with Gasteiger partial charge in [0.15, 0.2) is 11.3 Å². The van der Waals surface area contributed by atoms with Crippen LogP contribution in [0.2, 0.25) is 0 Å². The molecule has 0 fully saturated rings. The smallest absolute Gasteiger partial charge is 0.276 e. The highest BCUT2D eigenvalue weighted by Gasteiger charge is 2.34. The molecule has 1 unspecified atom stereocenters. The SMILES string of the molecule is CCCCSC1=NN2C(=c3ccccc3=NC2c2cccc(Oc3ccccc3)c2)C(=O)N1. The average molecular weight is 457 g/mol. The van der Waals surface area contributed by atoms with Crippen molar-refractivity contribution >= 4 is 28.5 Å². The van der Waals surface area contributed by atoms with Gasteiger partial charge in [-0.1, -0.05) is 73.6 Å². The van der Waals surface area contributed by atoms with Crippen LogP contribution in [0.25, 0.3) is 5.70 Å². The second-order valence-corrected chi connectivity index (χ2v) is 8.85. The van der Waals surface area contributed by atoms with E-state index < -0.39 is 6.17 Å². The molecule has 6 nitrogen and oxygen atoms in total. The van der Waals surface area contributed by atoms with E-state index in [4.69, 9.17) is 14.8 Å². The van der Waals surface area contributed by atoms with E-state index in [0.717, 1.165) is 40.5 Å². The molecule has 1 N–H and O–H groups in total. The van der Waals surface area contributed by atoms with Gasteiger partial charge in [0, 0.05) is 16.5 Å². The molecule has 0 aliphatic carbocycles. The minimum Gasteiger partial charge on any atom is -0.457 e. The lowest BCUT2D eigenvalue weighted by Crippen LogP contribution is -2.50. The van der Waals surface area contributed by atoms with Crippen molar-refractivity contribution in [3.63, 3.8) is 0 Å². The fourth-order valence-electron chi connectivity index (χ4n) is 3.79. The molecule has 0 aromatic heterocycles. The zero-order valence-corrected chi connectivity index (χ0v) is 19.1. The van der Waals surface area contributed by atoms with Crippen molar-refractivity contribution < 1.29 is 9.53 Å². The van der Waals surface area contributed by atoms with Crippen LogP contribution in [0, 0.1) is 0 Å². The molecule has 2 heterocycles. The number of nitrogens with one attached hydrogen (secondary N) is 1. The lowest BCUT2D eigenvalue weighted by molar-refractivity contribution is -0.116. The zero-order valence-electron chi connectivity index (χ0n) is 18.3. The van der Waals surface area contributed by atoms with Gasteiger partial charge >= 0.3 is 0 Å². The van der Waals surface area contributed by atoms with Crippen molar-refractivity contribution in [1.29, 1.82) is 0 Å². The third kappa shape index (κ3) is 4.50. The van der Waals surface area contributed by atoms with E-state index in [9.17, 15) is 4.79 Å². The third-order valence-corrected chi connectivity index (χ3v) is 6.34. The van der Waals surface area contributed by atoms with E-state index in [1.807, 2.05) is 78.9 Å². The summed E-state index contributed by atoms with van der Waals surface area (Å²) in [7, 11) is 0. The molecule has 33 heavy (non-hydrogen) atoms. The van der Waals surface area contributed by atoms with Gasteiger partial charge in [-0.05, 0) is 36.8 Å². The van der Waals surface area contributed by atoms with Crippen LogP contribution in [0.1, 0.15) is 31.5 Å². The number of hydrazone groups is 1. The Morgan fingerprint density at radius 2 is 1.79 bits per heavy atom. The van der Waals surface area contributed by atoms with E-state index in [-0.39, 0.29) is 5.91 Å². The number of amidine groups is 1. The Kier molecular flexibility index (Phi) is 6.13. The van der Waals surface area contributed by atoms with Gasteiger partial charge in [0.2, 0.25) is 0 Å². The highest BCUT2D eigenvalue weighted by atomic mass is 32.2. The monoisotopic (exact) mass is 456 g/mol. The number of carbonyl (C=O) groups is 1. The lowest BCUT2D eigenvalue weighted by Gasteiger charge is -2.34. The Bertz CT molecular complexity index is 1320. The Balaban J connectivity index is 1.56. The maximum Gasteiger partial charge on any atom is 0.276 e. The largest absolute Gasteiger partial charge is 0.457 e. The van der Waals surface area contributed by atoms with Gasteiger partial charge in [0.1, 0.15) is 17.2 Å². The fraction of sp³-hybridized carbons (Fsp3) is 0.192. The first kappa shape index (κ1) is 21.3. The standard InChI is InChI=1S/C26H24N4O2S/c1-2-3-16-33-26-28-25(31)23-21-14-7-8-15-22(21)27-24(30(23)29-26)18-10-9-13-20(17-18)32-19-11-5-4-6-12-19/h4-15,17,24H,2-3,16H2,1H3,(H,28,29,31). The van der Waals surface area contributed by atoms with Gasteiger partial charge in [-0.25, -0.2) is 5.01 Å². The summed E-state index contributed by atoms with van der Waals surface area (Å²) < 4.78 is 6.04. The van der Waals surface area contributed by atoms with Crippen molar-refractivity contribution in [2.45, 2.75) is 25.9 Å². The van der Waals surface area contributed by atoms with Crippen LogP contribution in [0.5, 0.6) is 11.5 Å². The maximum atomic E-state index is 13.2. The summed E-state index contributed by atoms with van der Waals surface area (Å²) in [5, 5.41) is 11.7. The first-order valence-corrected chi connectivity index (χ1v) is 12.0. The summed E-state index contributed by atoms with van der Waals surface area (Å²) in [6.07, 6.45) is 1.68. The number of amides is 1. The first-order chi connectivity index (χ1) is 16.2. The summed E-state index contributed by atoms with van der Waals surface area (Å²) in [5.74, 6) is 2.21. The normalized spacial score (nSPS) is 16.8. The van der Waals surface area contributed by atoms with E-state index >= 15 is 0 Å². The molecular weight excluding hydrogens is 432 g/mol. The summed E-state index contributed by atoms with van der Waals surface area (Å²) in [6, 6.07) is 25.1. The molecule has 5 rings (SSSR count). The van der Waals surface area contributed by atoms with Gasteiger partial charge in [-0.3, -0.25) is 15.1 Å². The molecule has 2 aliphatic heterocycles. The molecule has 0 saturated carbocycles. The number of carbonyl (C=O) groups excluding carboxylic acids is 1. The summed E-state index contributed by atoms with van der Waals surface area (Å²) >= 11 is 1.56. The maximum absolute atomic E-state index is 13.2. The number of hydrogen-bond donors (Lipinski definition) is 1. The lowest BCUT2D eigenvalue weighted by atomic mass is 10.1. The number of ether oxygens (including phenoxy) is 1. The minimum atomic E-state index is -0.470. The number of unbranched alkanes of at least 4 members (excludes halogenated alkanes) is 1. The predicted octanol–water partition coefficient (Wildman–Crippen LogP) is 4.16. The zero-order chi connectivity index (χ0) is 22.6. The summed E-state index contributed by atoms with van der Waals surface area (Å²) in [5.41, 5.74) is 1.41. The molecule has 1 atom stereocenters. The van der Waals surface area contributed by atoms with E-state index in [2.05, 4.69) is 12.2 Å². The quantitative estimate of drug-likeness (QED) is 0.566. The second-order valence-electron chi connectivity index (χ2n) is 7.76. The number of hydrogen-bond acceptors (Lipinski definition) is 6. The van der Waals surface area contributed by atoms with E-state index in [0.29, 0.717) is 16.6 Å². The topological polar surface area (TPSA) is 66.3 Å². The number of rotatable bonds is 6. The summed E-state index contributed by atoms with van der Waals surface area (Å²) in [6.45, 7) is 2.15. The second kappa shape index (κ2) is 9.50. The molecule has 2 aliphatic rings. The number of thioether (sulfide) groups is 1. The van der Waals surface area contributed by atoms with Crippen molar-refractivity contribution in [3.8, 4) is 11.5 Å². The predicted molar refractivity (Wildman–Crippen MR) is 131 cm³/mol. The Morgan fingerprint density at radius 3 is 2.64 bits per heavy atom. The van der Waals surface area contributed by atoms with Crippen LogP contribution in [0.15, 0.2) is 89.0 Å². The van der Waals surface area contributed by atoms with Gasteiger partial charge in [0.25, 0.3) is 5.91 Å². The Hall–Kier alpha value is -3.58. The van der Waals surface area contributed by atoms with Gasteiger partial charge in [0.05, 0.1) is 5.36 Å². The minimum absolute atomic E-state index is 0.159. The van der Waals surface area contributed by atoms with Crippen LogP contribution in [0.4, 0.5) is 0 Å². The molecule has 7 heteroatoms. The highest BCUT2D eigenvalue weighted by molar-refractivity contribution is 8.13. The van der Waals surface area contributed by atoms with E-state index in [1.165, 1.54) is 0 Å². The molecule has 3 aromatic rings. The van der Waals surface area contributed by atoms with Gasteiger partial charge in [-0.2, -0.15) is 0 Å². The molecule has 0 saturated heterocycles. The Morgan fingerprint density at radius 1 is 1.00 bits per heavy atom. The van der Waals surface area contributed by atoms with Crippen LogP contribution >= 0.6 is 11.8 Å². The number of benzene rings is 3. The molecule has 3 aromatic carbocycles. The molecule has 0 radical (unpaired) electrons. The van der Waals surface area contributed by atoms with Crippen molar-refractivity contribution in [3.05, 3.63) is 95.0 Å². The Labute approximate surface area is 196 Å². The van der Waals surface area contributed by atoms with Crippen LogP contribution < -0.4 is 20.6 Å². The average Bonchev–Trinajstić information content (AvgIpc) is 2.84. The van der Waals surface area contributed by atoms with Crippen LogP contribution in [0.3, 0.4) is 0 Å². The van der Waals surface area contributed by atoms with E-state index in [1.54, 1.807) is 16.8 Å². The van der Waals surface area contributed by atoms with Crippen molar-refractivity contribution in [2.75, 3.05) is 5.75 Å². The fourth-order valence-corrected chi connectivity index (χ4v) is 4.72. The molecule has 166 valence electrons. The van der Waals surface area contributed by atoms with Crippen molar-refractivity contribution in [2.24, 2.45) is 10.1 Å². The number of para-hydroxylation sites is 2.